The van der Waals surface area contributed by atoms with E-state index in [1.165, 1.54) is 16.8 Å². The summed E-state index contributed by atoms with van der Waals surface area (Å²) in [6.07, 6.45) is 2.11. The number of likely N-dealkylation sites (N-methyl/N-ethyl adjacent to an activating group) is 1. The molecule has 1 aliphatic rings. The summed E-state index contributed by atoms with van der Waals surface area (Å²) in [6, 6.07) is 10.8. The average molecular weight is 355 g/mol. The minimum Gasteiger partial charge on any atom is -0.497 e. The third-order valence-electron chi connectivity index (χ3n) is 4.37. The second-order valence-electron chi connectivity index (χ2n) is 6.12. The Morgan fingerprint density at radius 2 is 2.04 bits per heavy atom. The molecule has 7 heteroatoms. The highest BCUT2D eigenvalue weighted by Gasteiger charge is 2.35. The molecule has 1 aromatic heterocycles. The van der Waals surface area contributed by atoms with E-state index >= 15 is 0 Å². The van der Waals surface area contributed by atoms with E-state index in [-0.39, 0.29) is 24.4 Å². The van der Waals surface area contributed by atoms with Crippen molar-refractivity contribution >= 4 is 17.5 Å². The molecule has 0 fully saturated rings. The topological polar surface area (TPSA) is 75.3 Å². The van der Waals surface area contributed by atoms with Crippen LogP contribution in [0.25, 0.3) is 0 Å². The molecular formula is C19H21N3O4. The Morgan fingerprint density at radius 1 is 1.31 bits per heavy atom. The molecule has 0 saturated heterocycles. The number of hydrazone groups is 1. The summed E-state index contributed by atoms with van der Waals surface area (Å²) in [5.41, 5.74) is 1.70. The van der Waals surface area contributed by atoms with Gasteiger partial charge in [0.15, 0.2) is 0 Å². The number of benzene rings is 1. The molecule has 0 N–H and O–H groups in total. The van der Waals surface area contributed by atoms with Crippen LogP contribution in [0, 0.1) is 0 Å². The van der Waals surface area contributed by atoms with Crippen molar-refractivity contribution < 1.29 is 18.7 Å². The second-order valence-corrected chi connectivity index (χ2v) is 6.12. The van der Waals surface area contributed by atoms with Crippen LogP contribution in [0.3, 0.4) is 0 Å². The first kappa shape index (κ1) is 17.7. The molecule has 26 heavy (non-hydrogen) atoms. The van der Waals surface area contributed by atoms with E-state index in [4.69, 9.17) is 9.15 Å². The number of furan rings is 1. The predicted octanol–water partition coefficient (Wildman–Crippen LogP) is 2.44. The van der Waals surface area contributed by atoms with Gasteiger partial charge in [0, 0.05) is 20.4 Å². The number of ether oxygens (including phenoxy) is 1. The van der Waals surface area contributed by atoms with Crippen LogP contribution in [0.15, 0.2) is 52.2 Å². The van der Waals surface area contributed by atoms with Crippen LogP contribution >= 0.6 is 0 Å². The highest BCUT2D eigenvalue weighted by molar-refractivity contribution is 6.03. The zero-order chi connectivity index (χ0) is 18.7. The van der Waals surface area contributed by atoms with Gasteiger partial charge in [-0.2, -0.15) is 5.10 Å². The van der Waals surface area contributed by atoms with Gasteiger partial charge >= 0.3 is 0 Å². The Hall–Kier alpha value is -3.09. The number of carbonyl (C=O) groups is 2. The van der Waals surface area contributed by atoms with Crippen LogP contribution in [0.1, 0.15) is 30.7 Å². The maximum Gasteiger partial charge on any atom is 0.262 e. The molecule has 0 saturated carbocycles. The van der Waals surface area contributed by atoms with Gasteiger partial charge in [0.2, 0.25) is 5.91 Å². The molecule has 0 aliphatic carbocycles. The molecule has 0 spiro atoms. The number of carbonyl (C=O) groups excluding carboxylic acids is 2. The molecule has 2 amide bonds. The summed E-state index contributed by atoms with van der Waals surface area (Å²) in [7, 11) is 3.20. The van der Waals surface area contributed by atoms with Gasteiger partial charge < -0.3 is 14.1 Å². The smallest absolute Gasteiger partial charge is 0.262 e. The first-order valence-corrected chi connectivity index (χ1v) is 8.28. The van der Waals surface area contributed by atoms with E-state index in [0.717, 1.165) is 17.0 Å². The van der Waals surface area contributed by atoms with Gasteiger partial charge in [-0.25, -0.2) is 5.01 Å². The molecule has 2 aromatic rings. The highest BCUT2D eigenvalue weighted by atomic mass is 16.5. The monoisotopic (exact) mass is 355 g/mol. The van der Waals surface area contributed by atoms with Crippen molar-refractivity contribution in [3.05, 3.63) is 54.0 Å². The molecule has 0 bridgehead atoms. The molecular weight excluding hydrogens is 334 g/mol. The Balaban J connectivity index is 1.87. The molecule has 1 aliphatic heterocycles. The van der Waals surface area contributed by atoms with Gasteiger partial charge in [-0.05, 0) is 42.0 Å². The van der Waals surface area contributed by atoms with Crippen molar-refractivity contribution in [1.29, 1.82) is 0 Å². The van der Waals surface area contributed by atoms with Crippen molar-refractivity contribution in [3.8, 4) is 5.75 Å². The molecule has 136 valence electrons. The summed E-state index contributed by atoms with van der Waals surface area (Å²) < 4.78 is 10.7. The molecule has 3 rings (SSSR count). The Kier molecular flexibility index (Phi) is 5.06. The lowest BCUT2D eigenvalue weighted by Gasteiger charge is -2.22. The van der Waals surface area contributed by atoms with Crippen molar-refractivity contribution in [3.63, 3.8) is 0 Å². The lowest BCUT2D eigenvalue weighted by atomic mass is 10.0. The fourth-order valence-electron chi connectivity index (χ4n) is 2.79. The average Bonchev–Trinajstić information content (AvgIpc) is 3.31. The molecule has 7 nitrogen and oxygen atoms in total. The van der Waals surface area contributed by atoms with Crippen LogP contribution < -0.4 is 4.74 Å². The largest absolute Gasteiger partial charge is 0.497 e. The quantitative estimate of drug-likeness (QED) is 0.826. The van der Waals surface area contributed by atoms with Gasteiger partial charge in [-0.1, -0.05) is 0 Å². The van der Waals surface area contributed by atoms with Crippen molar-refractivity contribution in [2.75, 3.05) is 20.7 Å². The van der Waals surface area contributed by atoms with Gasteiger partial charge in [-0.15, -0.1) is 0 Å². The third-order valence-corrected chi connectivity index (χ3v) is 4.37. The van der Waals surface area contributed by atoms with Crippen LogP contribution in [-0.4, -0.2) is 48.1 Å². The standard InChI is InChI=1S/C19H21N3O4/c1-13(23)21(2)12-19(24)22-17(18-5-4-10-26-18)11-16(20-22)14-6-8-15(25-3)9-7-14/h4-10,17H,11-12H2,1-3H3/t17-/m1/s1. The second kappa shape index (κ2) is 7.43. The highest BCUT2D eigenvalue weighted by Crippen LogP contribution is 2.33. The summed E-state index contributed by atoms with van der Waals surface area (Å²) in [5.74, 6) is 0.987. The van der Waals surface area contributed by atoms with Gasteiger partial charge in [0.25, 0.3) is 5.91 Å². The normalized spacial score (nSPS) is 16.3. The summed E-state index contributed by atoms with van der Waals surface area (Å²) in [5, 5.41) is 5.94. The summed E-state index contributed by atoms with van der Waals surface area (Å²) >= 11 is 0. The lowest BCUT2D eigenvalue weighted by Crippen LogP contribution is -2.38. The zero-order valence-electron chi connectivity index (χ0n) is 15.0. The number of amides is 2. The maximum absolute atomic E-state index is 12.7. The minimum atomic E-state index is -0.324. The number of hydrogen-bond donors (Lipinski definition) is 0. The predicted molar refractivity (Wildman–Crippen MR) is 95.8 cm³/mol. The van der Waals surface area contributed by atoms with E-state index in [2.05, 4.69) is 5.10 Å². The van der Waals surface area contributed by atoms with Crippen molar-refractivity contribution in [2.45, 2.75) is 19.4 Å². The van der Waals surface area contributed by atoms with Gasteiger partial charge in [0.05, 0.1) is 19.1 Å². The lowest BCUT2D eigenvalue weighted by molar-refractivity contribution is -0.139. The number of rotatable bonds is 5. The fraction of sp³-hybridized carbons (Fsp3) is 0.316. The van der Waals surface area contributed by atoms with Crippen LogP contribution in [0.2, 0.25) is 0 Å². The van der Waals surface area contributed by atoms with Crippen LogP contribution in [-0.2, 0) is 9.59 Å². The summed E-state index contributed by atoms with van der Waals surface area (Å²) in [6.45, 7) is 1.39. The van der Waals surface area contributed by atoms with Crippen molar-refractivity contribution in [2.24, 2.45) is 5.10 Å². The number of nitrogens with zero attached hydrogens (tertiary/aromatic N) is 3. The third kappa shape index (κ3) is 3.61. The number of hydrogen-bond acceptors (Lipinski definition) is 5. The van der Waals surface area contributed by atoms with Crippen LogP contribution in [0.4, 0.5) is 0 Å². The molecule has 0 radical (unpaired) electrons. The molecule has 0 unspecified atom stereocenters. The van der Waals surface area contributed by atoms with E-state index < -0.39 is 0 Å². The van der Waals surface area contributed by atoms with Gasteiger partial charge in [-0.3, -0.25) is 9.59 Å². The van der Waals surface area contributed by atoms with E-state index in [9.17, 15) is 9.59 Å². The summed E-state index contributed by atoms with van der Waals surface area (Å²) in [4.78, 5) is 25.5. The fourth-order valence-corrected chi connectivity index (χ4v) is 2.79. The zero-order valence-corrected chi connectivity index (χ0v) is 15.0. The molecule has 1 aromatic carbocycles. The first-order valence-electron chi connectivity index (χ1n) is 8.28. The SMILES string of the molecule is COc1ccc(C2=NN(C(=O)CN(C)C(C)=O)[C@@H](c3ccco3)C2)cc1. The Morgan fingerprint density at radius 3 is 2.62 bits per heavy atom. The number of methoxy groups -OCH3 is 1. The van der Waals surface area contributed by atoms with Gasteiger partial charge in [0.1, 0.15) is 24.1 Å². The maximum atomic E-state index is 12.7. The van der Waals surface area contributed by atoms with E-state index in [1.807, 2.05) is 30.3 Å². The van der Waals surface area contributed by atoms with E-state index in [1.54, 1.807) is 26.5 Å². The van der Waals surface area contributed by atoms with Crippen molar-refractivity contribution in [1.82, 2.24) is 9.91 Å². The Bertz CT molecular complexity index is 812. The first-order chi connectivity index (χ1) is 12.5. The minimum absolute atomic E-state index is 0.0358. The molecule has 1 atom stereocenters. The molecule has 2 heterocycles. The van der Waals surface area contributed by atoms with Crippen LogP contribution in [0.5, 0.6) is 5.75 Å². The van der Waals surface area contributed by atoms with E-state index in [0.29, 0.717) is 12.2 Å². The Labute approximate surface area is 151 Å².